The monoisotopic (exact) mass is 280 g/mol. The Bertz CT molecular complexity index is 436. The standard InChI is InChI=1S/C15H21FN2S/c1-2-12-8-4-3-7-11-18(12)15(19)17-14-10-6-5-9-13(14)16/h5-6,9-10,12H,2-4,7-8,11H2,1H3,(H,17,19). The largest absolute Gasteiger partial charge is 0.346 e. The fourth-order valence-corrected chi connectivity index (χ4v) is 2.97. The van der Waals surface area contributed by atoms with Crippen LogP contribution in [0.2, 0.25) is 0 Å². The lowest BCUT2D eigenvalue weighted by molar-refractivity contribution is 0.311. The van der Waals surface area contributed by atoms with Gasteiger partial charge in [-0.25, -0.2) is 4.39 Å². The molecule has 0 amide bonds. The van der Waals surface area contributed by atoms with Crippen molar-refractivity contribution in [3.05, 3.63) is 30.1 Å². The summed E-state index contributed by atoms with van der Waals surface area (Å²) < 4.78 is 13.6. The minimum absolute atomic E-state index is 0.257. The van der Waals surface area contributed by atoms with E-state index in [2.05, 4.69) is 17.1 Å². The van der Waals surface area contributed by atoms with E-state index < -0.39 is 0 Å². The molecule has 1 aromatic carbocycles. The fraction of sp³-hybridized carbons (Fsp3) is 0.533. The lowest BCUT2D eigenvalue weighted by Gasteiger charge is -2.32. The Morgan fingerprint density at radius 1 is 1.37 bits per heavy atom. The minimum atomic E-state index is -0.257. The molecule has 0 spiro atoms. The first kappa shape index (κ1) is 14.3. The summed E-state index contributed by atoms with van der Waals surface area (Å²) in [5.41, 5.74) is 0.464. The summed E-state index contributed by atoms with van der Waals surface area (Å²) >= 11 is 5.47. The van der Waals surface area contributed by atoms with Crippen molar-refractivity contribution in [3.63, 3.8) is 0 Å². The molecular formula is C15H21FN2S. The van der Waals surface area contributed by atoms with Crippen molar-refractivity contribution in [2.45, 2.75) is 45.1 Å². The summed E-state index contributed by atoms with van der Waals surface area (Å²) in [5.74, 6) is -0.257. The zero-order valence-electron chi connectivity index (χ0n) is 11.4. The van der Waals surface area contributed by atoms with Crippen LogP contribution < -0.4 is 5.32 Å². The number of likely N-dealkylation sites (tertiary alicyclic amines) is 1. The van der Waals surface area contributed by atoms with Gasteiger partial charge in [0.25, 0.3) is 0 Å². The first-order valence-electron chi connectivity index (χ1n) is 7.04. The van der Waals surface area contributed by atoms with E-state index in [1.807, 2.05) is 6.07 Å². The van der Waals surface area contributed by atoms with Gasteiger partial charge in [-0.3, -0.25) is 0 Å². The van der Waals surface area contributed by atoms with E-state index >= 15 is 0 Å². The van der Waals surface area contributed by atoms with Gasteiger partial charge in [-0.05, 0) is 43.6 Å². The maximum Gasteiger partial charge on any atom is 0.173 e. The maximum atomic E-state index is 13.6. The molecule has 1 atom stereocenters. The molecule has 0 saturated carbocycles. The molecule has 1 aliphatic heterocycles. The van der Waals surface area contributed by atoms with Crippen LogP contribution in [0.5, 0.6) is 0 Å². The number of para-hydroxylation sites is 1. The lowest BCUT2D eigenvalue weighted by Crippen LogP contribution is -2.42. The number of nitrogens with one attached hydrogen (secondary N) is 1. The van der Waals surface area contributed by atoms with Crippen LogP contribution >= 0.6 is 12.2 Å². The van der Waals surface area contributed by atoms with Gasteiger partial charge in [0.05, 0.1) is 5.69 Å². The normalized spacial score (nSPS) is 19.9. The molecule has 0 aromatic heterocycles. The van der Waals surface area contributed by atoms with Gasteiger partial charge in [0.2, 0.25) is 0 Å². The third-order valence-corrected chi connectivity index (χ3v) is 4.06. The fourth-order valence-electron chi connectivity index (χ4n) is 2.62. The molecule has 1 saturated heterocycles. The molecule has 104 valence electrons. The summed E-state index contributed by atoms with van der Waals surface area (Å²) in [7, 11) is 0. The van der Waals surface area contributed by atoms with Gasteiger partial charge in [0.15, 0.2) is 5.11 Å². The molecule has 0 radical (unpaired) electrons. The highest BCUT2D eigenvalue weighted by molar-refractivity contribution is 7.80. The minimum Gasteiger partial charge on any atom is -0.346 e. The van der Waals surface area contributed by atoms with Crippen LogP contribution in [0.25, 0.3) is 0 Å². The van der Waals surface area contributed by atoms with Crippen LogP contribution in [0.3, 0.4) is 0 Å². The second kappa shape index (κ2) is 6.85. The zero-order chi connectivity index (χ0) is 13.7. The molecule has 1 N–H and O–H groups in total. The molecule has 2 nitrogen and oxygen atoms in total. The molecular weight excluding hydrogens is 259 g/mol. The predicted octanol–water partition coefficient (Wildman–Crippen LogP) is 4.18. The Labute approximate surface area is 120 Å². The number of thiocarbonyl (C=S) groups is 1. The number of rotatable bonds is 2. The number of halogens is 1. The average molecular weight is 280 g/mol. The molecule has 0 aliphatic carbocycles. The third-order valence-electron chi connectivity index (χ3n) is 3.72. The molecule has 4 heteroatoms. The molecule has 1 fully saturated rings. The molecule has 1 aromatic rings. The first-order valence-corrected chi connectivity index (χ1v) is 7.45. The number of benzene rings is 1. The molecule has 1 aliphatic rings. The number of nitrogens with zero attached hydrogens (tertiary/aromatic N) is 1. The zero-order valence-corrected chi connectivity index (χ0v) is 12.2. The summed E-state index contributed by atoms with van der Waals surface area (Å²) in [6, 6.07) is 7.15. The van der Waals surface area contributed by atoms with Crippen molar-refractivity contribution in [3.8, 4) is 0 Å². The average Bonchev–Trinajstić information content (AvgIpc) is 2.66. The lowest BCUT2D eigenvalue weighted by atomic mass is 10.1. The molecule has 2 rings (SSSR count). The van der Waals surface area contributed by atoms with Crippen molar-refractivity contribution in [1.29, 1.82) is 0 Å². The second-order valence-corrected chi connectivity index (χ2v) is 5.40. The first-order chi connectivity index (χ1) is 9.22. The highest BCUT2D eigenvalue weighted by Gasteiger charge is 2.22. The quantitative estimate of drug-likeness (QED) is 0.818. The van der Waals surface area contributed by atoms with Gasteiger partial charge in [0.1, 0.15) is 5.82 Å². The van der Waals surface area contributed by atoms with Gasteiger partial charge in [-0.15, -0.1) is 0 Å². The Morgan fingerprint density at radius 3 is 2.89 bits per heavy atom. The van der Waals surface area contributed by atoms with Gasteiger partial charge < -0.3 is 10.2 Å². The van der Waals surface area contributed by atoms with Gasteiger partial charge in [0, 0.05) is 12.6 Å². The Morgan fingerprint density at radius 2 is 2.16 bits per heavy atom. The van der Waals surface area contributed by atoms with E-state index in [1.54, 1.807) is 12.1 Å². The van der Waals surface area contributed by atoms with Crippen molar-refractivity contribution in [2.75, 3.05) is 11.9 Å². The van der Waals surface area contributed by atoms with Gasteiger partial charge >= 0.3 is 0 Å². The van der Waals surface area contributed by atoms with Crippen LogP contribution in [-0.4, -0.2) is 22.6 Å². The number of hydrogen-bond donors (Lipinski definition) is 1. The van der Waals surface area contributed by atoms with Gasteiger partial charge in [-0.1, -0.05) is 31.9 Å². The molecule has 1 heterocycles. The van der Waals surface area contributed by atoms with E-state index in [0.29, 0.717) is 16.8 Å². The van der Waals surface area contributed by atoms with Crippen molar-refractivity contribution in [2.24, 2.45) is 0 Å². The van der Waals surface area contributed by atoms with E-state index in [0.717, 1.165) is 19.4 Å². The number of anilines is 1. The van der Waals surface area contributed by atoms with E-state index in [1.165, 1.54) is 25.3 Å². The molecule has 19 heavy (non-hydrogen) atoms. The highest BCUT2D eigenvalue weighted by atomic mass is 32.1. The SMILES string of the molecule is CCC1CCCCCN1C(=S)Nc1ccccc1F. The Kier molecular flexibility index (Phi) is 5.14. The number of hydrogen-bond acceptors (Lipinski definition) is 1. The topological polar surface area (TPSA) is 15.3 Å². The maximum absolute atomic E-state index is 13.6. The van der Waals surface area contributed by atoms with Crippen LogP contribution in [0.1, 0.15) is 39.0 Å². The van der Waals surface area contributed by atoms with Crippen molar-refractivity contribution >= 4 is 23.0 Å². The summed E-state index contributed by atoms with van der Waals surface area (Å²) in [6.45, 7) is 3.16. The van der Waals surface area contributed by atoms with Crippen molar-refractivity contribution < 1.29 is 4.39 Å². The molecule has 0 bridgehead atoms. The predicted molar refractivity (Wildman–Crippen MR) is 81.9 cm³/mol. The smallest absolute Gasteiger partial charge is 0.173 e. The highest BCUT2D eigenvalue weighted by Crippen LogP contribution is 2.21. The molecule has 1 unspecified atom stereocenters. The van der Waals surface area contributed by atoms with Crippen LogP contribution in [-0.2, 0) is 0 Å². The van der Waals surface area contributed by atoms with Gasteiger partial charge in [-0.2, -0.15) is 0 Å². The van der Waals surface area contributed by atoms with E-state index in [4.69, 9.17) is 12.2 Å². The van der Waals surface area contributed by atoms with E-state index in [9.17, 15) is 4.39 Å². The Hall–Kier alpha value is -1.16. The van der Waals surface area contributed by atoms with Crippen LogP contribution in [0, 0.1) is 5.82 Å². The summed E-state index contributed by atoms with van der Waals surface area (Å²) in [6.07, 6.45) is 5.94. The van der Waals surface area contributed by atoms with Crippen LogP contribution in [0.15, 0.2) is 24.3 Å². The van der Waals surface area contributed by atoms with Crippen LogP contribution in [0.4, 0.5) is 10.1 Å². The summed E-state index contributed by atoms with van der Waals surface area (Å²) in [4.78, 5) is 2.23. The third kappa shape index (κ3) is 3.66. The second-order valence-electron chi connectivity index (χ2n) is 5.01. The van der Waals surface area contributed by atoms with E-state index in [-0.39, 0.29) is 5.82 Å². The Balaban J connectivity index is 2.07. The van der Waals surface area contributed by atoms with Crippen molar-refractivity contribution in [1.82, 2.24) is 4.90 Å². The summed E-state index contributed by atoms with van der Waals surface area (Å²) in [5, 5.41) is 3.71.